The summed E-state index contributed by atoms with van der Waals surface area (Å²) in [6, 6.07) is 13.9. The van der Waals surface area contributed by atoms with E-state index < -0.39 is 0 Å². The van der Waals surface area contributed by atoms with Crippen LogP contribution in [0.15, 0.2) is 42.5 Å². The molecule has 0 unspecified atom stereocenters. The van der Waals surface area contributed by atoms with Crippen molar-refractivity contribution >= 4 is 0 Å². The molecule has 0 saturated carbocycles. The molecule has 0 fully saturated rings. The number of rotatable bonds is 4. The first-order valence-corrected chi connectivity index (χ1v) is 7.09. The second-order valence-corrected chi connectivity index (χ2v) is 5.71. The summed E-state index contributed by atoms with van der Waals surface area (Å²) in [5.41, 5.74) is 4.74. The summed E-state index contributed by atoms with van der Waals surface area (Å²) >= 11 is 0. The normalized spacial score (nSPS) is 11.2. The molecule has 20 heavy (non-hydrogen) atoms. The monoisotopic (exact) mass is 270 g/mol. The second-order valence-electron chi connectivity index (χ2n) is 5.71. The Kier molecular flexibility index (Phi) is 4.46. The lowest BCUT2D eigenvalue weighted by atomic mass is 9.84. The first-order chi connectivity index (χ1) is 9.56. The molecule has 0 aliphatic rings. The van der Waals surface area contributed by atoms with E-state index >= 15 is 0 Å². The molecule has 1 N–H and O–H groups in total. The standard InChI is InChI=1S/C18H22O2/c1-12(2)14-9-7-10-16(18(14)13(3)4)15-8-5-6-11-17(15)20-19/h5-13,19H,1-4H3. The highest BCUT2D eigenvalue weighted by atomic mass is 17.1. The van der Waals surface area contributed by atoms with E-state index in [2.05, 4.69) is 50.8 Å². The Morgan fingerprint density at radius 3 is 2.05 bits per heavy atom. The minimum atomic E-state index is 0.412. The lowest BCUT2D eigenvalue weighted by molar-refractivity contribution is -0.137. The van der Waals surface area contributed by atoms with Gasteiger partial charge in [0.2, 0.25) is 0 Å². The van der Waals surface area contributed by atoms with Gasteiger partial charge in [0.15, 0.2) is 5.75 Å². The van der Waals surface area contributed by atoms with Gasteiger partial charge in [-0.3, -0.25) is 0 Å². The summed E-state index contributed by atoms with van der Waals surface area (Å²) in [6.07, 6.45) is 0. The Morgan fingerprint density at radius 1 is 0.800 bits per heavy atom. The summed E-state index contributed by atoms with van der Waals surface area (Å²) in [6.45, 7) is 8.82. The van der Waals surface area contributed by atoms with Gasteiger partial charge in [0.25, 0.3) is 0 Å². The fraction of sp³-hybridized carbons (Fsp3) is 0.333. The van der Waals surface area contributed by atoms with Crippen molar-refractivity contribution in [3.05, 3.63) is 53.6 Å². The molecule has 2 aromatic carbocycles. The summed E-state index contributed by atoms with van der Waals surface area (Å²) < 4.78 is 0. The molecule has 0 saturated heterocycles. The van der Waals surface area contributed by atoms with E-state index in [4.69, 9.17) is 5.26 Å². The third-order valence-electron chi connectivity index (χ3n) is 3.61. The summed E-state index contributed by atoms with van der Waals surface area (Å²) in [7, 11) is 0. The van der Waals surface area contributed by atoms with Crippen LogP contribution in [0.5, 0.6) is 5.75 Å². The van der Waals surface area contributed by atoms with Crippen molar-refractivity contribution in [1.82, 2.24) is 0 Å². The first kappa shape index (κ1) is 14.6. The van der Waals surface area contributed by atoms with Crippen LogP contribution in [0, 0.1) is 0 Å². The maximum atomic E-state index is 9.09. The van der Waals surface area contributed by atoms with E-state index in [-0.39, 0.29) is 0 Å². The second kappa shape index (κ2) is 6.10. The lowest BCUT2D eigenvalue weighted by Crippen LogP contribution is -2.02. The lowest BCUT2D eigenvalue weighted by Gasteiger charge is -2.21. The molecule has 0 aliphatic carbocycles. The third kappa shape index (κ3) is 2.70. The molecule has 0 amide bonds. The predicted molar refractivity (Wildman–Crippen MR) is 83.3 cm³/mol. The van der Waals surface area contributed by atoms with E-state index in [1.807, 2.05) is 18.2 Å². The minimum Gasteiger partial charge on any atom is -0.340 e. The van der Waals surface area contributed by atoms with Gasteiger partial charge in [0, 0.05) is 5.56 Å². The summed E-state index contributed by atoms with van der Waals surface area (Å²) in [4.78, 5) is 4.53. The van der Waals surface area contributed by atoms with Crippen molar-refractivity contribution in [2.24, 2.45) is 0 Å². The van der Waals surface area contributed by atoms with E-state index in [9.17, 15) is 0 Å². The van der Waals surface area contributed by atoms with Crippen LogP contribution in [0.4, 0.5) is 0 Å². The Bertz CT molecular complexity index is 586. The highest BCUT2D eigenvalue weighted by molar-refractivity contribution is 5.75. The Labute approximate surface area is 121 Å². The van der Waals surface area contributed by atoms with Crippen molar-refractivity contribution in [3.8, 4) is 16.9 Å². The summed E-state index contributed by atoms with van der Waals surface area (Å²) in [5, 5.41) is 9.09. The first-order valence-electron chi connectivity index (χ1n) is 7.09. The van der Waals surface area contributed by atoms with E-state index in [1.54, 1.807) is 6.07 Å². The minimum absolute atomic E-state index is 0.412. The fourth-order valence-electron chi connectivity index (χ4n) is 2.73. The molecule has 0 bridgehead atoms. The zero-order valence-corrected chi connectivity index (χ0v) is 12.6. The highest BCUT2D eigenvalue weighted by Crippen LogP contribution is 2.38. The van der Waals surface area contributed by atoms with Crippen molar-refractivity contribution in [2.75, 3.05) is 0 Å². The predicted octanol–water partition coefficient (Wildman–Crippen LogP) is 5.45. The molecule has 2 aromatic rings. The van der Waals surface area contributed by atoms with Crippen LogP contribution in [0.3, 0.4) is 0 Å². The van der Waals surface area contributed by atoms with Crippen LogP contribution >= 0.6 is 0 Å². The molecule has 0 aliphatic heterocycles. The van der Waals surface area contributed by atoms with Crippen molar-refractivity contribution in [3.63, 3.8) is 0 Å². The van der Waals surface area contributed by atoms with Crippen molar-refractivity contribution in [2.45, 2.75) is 39.5 Å². The van der Waals surface area contributed by atoms with Crippen LogP contribution in [0.25, 0.3) is 11.1 Å². The van der Waals surface area contributed by atoms with Crippen LogP contribution < -0.4 is 4.89 Å². The zero-order valence-electron chi connectivity index (χ0n) is 12.6. The van der Waals surface area contributed by atoms with Gasteiger partial charge in [0.1, 0.15) is 0 Å². The van der Waals surface area contributed by atoms with Crippen molar-refractivity contribution < 1.29 is 10.1 Å². The number of para-hydroxylation sites is 1. The van der Waals surface area contributed by atoms with Gasteiger partial charge in [-0.05, 0) is 34.6 Å². The number of hydrogen-bond acceptors (Lipinski definition) is 2. The Balaban J connectivity index is 2.71. The van der Waals surface area contributed by atoms with Crippen LogP contribution in [-0.4, -0.2) is 5.26 Å². The van der Waals surface area contributed by atoms with Gasteiger partial charge in [-0.15, -0.1) is 0 Å². The van der Waals surface area contributed by atoms with Gasteiger partial charge in [0.05, 0.1) is 0 Å². The van der Waals surface area contributed by atoms with E-state index in [0.29, 0.717) is 17.6 Å². The quantitative estimate of drug-likeness (QED) is 0.591. The van der Waals surface area contributed by atoms with Gasteiger partial charge in [-0.25, -0.2) is 5.26 Å². The fourth-order valence-corrected chi connectivity index (χ4v) is 2.73. The maximum absolute atomic E-state index is 9.09. The number of hydrogen-bond donors (Lipinski definition) is 1. The topological polar surface area (TPSA) is 29.5 Å². The molecule has 2 heteroatoms. The van der Waals surface area contributed by atoms with E-state index in [1.165, 1.54) is 11.1 Å². The smallest absolute Gasteiger partial charge is 0.172 e. The highest BCUT2D eigenvalue weighted by Gasteiger charge is 2.17. The molecule has 0 radical (unpaired) electrons. The third-order valence-corrected chi connectivity index (χ3v) is 3.61. The maximum Gasteiger partial charge on any atom is 0.172 e. The molecule has 0 aromatic heterocycles. The molecule has 0 atom stereocenters. The number of benzene rings is 2. The SMILES string of the molecule is CC(C)c1cccc(-c2ccccc2OO)c1C(C)C. The Hall–Kier alpha value is -1.80. The van der Waals surface area contributed by atoms with Gasteiger partial charge in [-0.1, -0.05) is 64.1 Å². The van der Waals surface area contributed by atoms with Crippen LogP contribution in [0.1, 0.15) is 50.7 Å². The molecule has 2 nitrogen and oxygen atoms in total. The van der Waals surface area contributed by atoms with E-state index in [0.717, 1.165) is 11.1 Å². The molecule has 2 rings (SSSR count). The van der Waals surface area contributed by atoms with Crippen LogP contribution in [0.2, 0.25) is 0 Å². The summed E-state index contributed by atoms with van der Waals surface area (Å²) in [5.74, 6) is 1.38. The largest absolute Gasteiger partial charge is 0.340 e. The van der Waals surface area contributed by atoms with Gasteiger partial charge in [-0.2, -0.15) is 0 Å². The van der Waals surface area contributed by atoms with Crippen molar-refractivity contribution in [1.29, 1.82) is 0 Å². The van der Waals surface area contributed by atoms with Gasteiger partial charge < -0.3 is 4.89 Å². The van der Waals surface area contributed by atoms with Gasteiger partial charge >= 0.3 is 0 Å². The molecule has 0 spiro atoms. The average Bonchev–Trinajstić information content (AvgIpc) is 2.46. The zero-order chi connectivity index (χ0) is 14.7. The molecule has 0 heterocycles. The molecular formula is C18H22O2. The average molecular weight is 270 g/mol. The Morgan fingerprint density at radius 2 is 1.45 bits per heavy atom. The molecule has 106 valence electrons. The molecular weight excluding hydrogens is 248 g/mol. The van der Waals surface area contributed by atoms with Crippen LogP contribution in [-0.2, 0) is 0 Å².